The monoisotopic (exact) mass is 312 g/mol. The van der Waals surface area contributed by atoms with Crippen LogP contribution >= 0.6 is 0 Å². The van der Waals surface area contributed by atoms with Gasteiger partial charge < -0.3 is 19.5 Å². The minimum absolute atomic E-state index is 0.198. The summed E-state index contributed by atoms with van der Waals surface area (Å²) >= 11 is 0. The van der Waals surface area contributed by atoms with Crippen molar-refractivity contribution in [3.8, 4) is 23.3 Å². The van der Waals surface area contributed by atoms with Gasteiger partial charge in [0, 0.05) is 5.69 Å². The number of hydrogen-bond acceptors (Lipinski definition) is 5. The number of anilines is 1. The van der Waals surface area contributed by atoms with Gasteiger partial charge in [-0.2, -0.15) is 5.26 Å². The summed E-state index contributed by atoms with van der Waals surface area (Å²) in [4.78, 5) is 12.0. The first kappa shape index (κ1) is 16.2. The molecule has 0 bridgehead atoms. The summed E-state index contributed by atoms with van der Waals surface area (Å²) in [6, 6.07) is 13.8. The van der Waals surface area contributed by atoms with E-state index in [4.69, 9.17) is 19.5 Å². The fraction of sp³-hybridized carbons (Fsp3) is 0.176. The Labute approximate surface area is 134 Å². The normalized spacial score (nSPS) is 9.61. The van der Waals surface area contributed by atoms with Crippen LogP contribution in [-0.2, 0) is 4.79 Å². The maximum atomic E-state index is 12.0. The number of benzene rings is 2. The fourth-order valence-electron chi connectivity index (χ4n) is 1.92. The zero-order chi connectivity index (χ0) is 16.7. The standard InChI is InChI=1S/C17H16N2O4/c1-21-14-4-3-5-15(22-2)17(14)23-11-16(20)19-13-8-6-12(10-18)7-9-13/h3-9H,11H2,1-2H3,(H,19,20). The SMILES string of the molecule is COc1cccc(OC)c1OCC(=O)Nc1ccc(C#N)cc1. The lowest BCUT2D eigenvalue weighted by molar-refractivity contribution is -0.118. The zero-order valence-corrected chi connectivity index (χ0v) is 12.8. The number of carbonyl (C=O) groups excluding carboxylic acids is 1. The number of carbonyl (C=O) groups is 1. The molecular weight excluding hydrogens is 296 g/mol. The Bertz CT molecular complexity index is 698. The van der Waals surface area contributed by atoms with Crippen LogP contribution in [0.1, 0.15) is 5.56 Å². The van der Waals surface area contributed by atoms with E-state index in [0.717, 1.165) is 0 Å². The molecule has 2 rings (SSSR count). The third kappa shape index (κ3) is 4.14. The van der Waals surface area contributed by atoms with Gasteiger partial charge in [0.05, 0.1) is 25.9 Å². The second-order valence-corrected chi connectivity index (χ2v) is 4.52. The van der Waals surface area contributed by atoms with Crippen molar-refractivity contribution in [1.29, 1.82) is 5.26 Å². The predicted octanol–water partition coefficient (Wildman–Crippen LogP) is 2.59. The number of methoxy groups -OCH3 is 2. The van der Waals surface area contributed by atoms with E-state index in [2.05, 4.69) is 5.32 Å². The van der Waals surface area contributed by atoms with Crippen molar-refractivity contribution in [3.05, 3.63) is 48.0 Å². The Balaban J connectivity index is 2.00. The summed E-state index contributed by atoms with van der Waals surface area (Å²) in [6.45, 7) is -0.198. The number of nitrogens with one attached hydrogen (secondary N) is 1. The Kier molecular flexibility index (Phi) is 5.42. The first-order chi connectivity index (χ1) is 11.2. The molecule has 2 aromatic rings. The summed E-state index contributed by atoms with van der Waals surface area (Å²) in [5.41, 5.74) is 1.11. The average molecular weight is 312 g/mol. The molecule has 0 atom stereocenters. The Hall–Kier alpha value is -3.20. The van der Waals surface area contributed by atoms with E-state index in [1.165, 1.54) is 14.2 Å². The van der Waals surface area contributed by atoms with Gasteiger partial charge in [-0.05, 0) is 36.4 Å². The minimum atomic E-state index is -0.331. The molecule has 0 fully saturated rings. The largest absolute Gasteiger partial charge is 0.493 e. The summed E-state index contributed by atoms with van der Waals surface area (Å²) in [5, 5.41) is 11.4. The smallest absolute Gasteiger partial charge is 0.262 e. The van der Waals surface area contributed by atoms with E-state index in [9.17, 15) is 4.79 Å². The Morgan fingerprint density at radius 2 is 1.70 bits per heavy atom. The molecule has 0 spiro atoms. The van der Waals surface area contributed by atoms with Crippen LogP contribution in [0.3, 0.4) is 0 Å². The Morgan fingerprint density at radius 3 is 2.22 bits per heavy atom. The summed E-state index contributed by atoms with van der Waals surface area (Å²) in [6.07, 6.45) is 0. The van der Waals surface area contributed by atoms with Crippen LogP contribution in [0.5, 0.6) is 17.2 Å². The molecule has 1 N–H and O–H groups in total. The van der Waals surface area contributed by atoms with Gasteiger partial charge in [-0.25, -0.2) is 0 Å². The fourth-order valence-corrected chi connectivity index (χ4v) is 1.92. The van der Waals surface area contributed by atoms with Gasteiger partial charge in [0.25, 0.3) is 5.91 Å². The van der Waals surface area contributed by atoms with Crippen molar-refractivity contribution in [2.45, 2.75) is 0 Å². The van der Waals surface area contributed by atoms with Gasteiger partial charge in [-0.3, -0.25) is 4.79 Å². The van der Waals surface area contributed by atoms with E-state index in [-0.39, 0.29) is 12.5 Å². The quantitative estimate of drug-likeness (QED) is 0.886. The summed E-state index contributed by atoms with van der Waals surface area (Å²) in [5.74, 6) is 1.00. The molecule has 0 heterocycles. The van der Waals surface area contributed by atoms with Crippen molar-refractivity contribution in [2.75, 3.05) is 26.1 Å². The third-order valence-electron chi connectivity index (χ3n) is 3.03. The van der Waals surface area contributed by atoms with E-state index in [1.54, 1.807) is 42.5 Å². The highest BCUT2D eigenvalue weighted by Gasteiger charge is 2.13. The zero-order valence-electron chi connectivity index (χ0n) is 12.8. The number of nitrogens with zero attached hydrogens (tertiary/aromatic N) is 1. The number of nitriles is 1. The van der Waals surface area contributed by atoms with E-state index >= 15 is 0 Å². The van der Waals surface area contributed by atoms with Crippen LogP contribution in [0.25, 0.3) is 0 Å². The summed E-state index contributed by atoms with van der Waals surface area (Å²) in [7, 11) is 3.02. The highest BCUT2D eigenvalue weighted by molar-refractivity contribution is 5.92. The highest BCUT2D eigenvalue weighted by Crippen LogP contribution is 2.36. The minimum Gasteiger partial charge on any atom is -0.493 e. The lowest BCUT2D eigenvalue weighted by Crippen LogP contribution is -2.20. The molecule has 0 aliphatic heterocycles. The molecule has 118 valence electrons. The first-order valence-corrected chi connectivity index (χ1v) is 6.81. The van der Waals surface area contributed by atoms with Crippen molar-refractivity contribution >= 4 is 11.6 Å². The maximum Gasteiger partial charge on any atom is 0.262 e. The molecule has 0 saturated heterocycles. The average Bonchev–Trinajstić information content (AvgIpc) is 2.60. The molecule has 23 heavy (non-hydrogen) atoms. The molecule has 0 aliphatic rings. The van der Waals surface area contributed by atoms with E-state index in [0.29, 0.717) is 28.5 Å². The number of hydrogen-bond donors (Lipinski definition) is 1. The van der Waals surface area contributed by atoms with E-state index < -0.39 is 0 Å². The van der Waals surface area contributed by atoms with Crippen LogP contribution in [0, 0.1) is 11.3 Å². The molecule has 6 heteroatoms. The van der Waals surface area contributed by atoms with Crippen LogP contribution in [0.15, 0.2) is 42.5 Å². The molecule has 6 nitrogen and oxygen atoms in total. The molecule has 0 unspecified atom stereocenters. The first-order valence-electron chi connectivity index (χ1n) is 6.81. The highest BCUT2D eigenvalue weighted by atomic mass is 16.5. The molecule has 1 amide bonds. The van der Waals surface area contributed by atoms with Gasteiger partial charge in [0.2, 0.25) is 5.75 Å². The molecule has 0 aliphatic carbocycles. The lowest BCUT2D eigenvalue weighted by atomic mass is 10.2. The van der Waals surface area contributed by atoms with Gasteiger partial charge in [0.1, 0.15) is 0 Å². The molecule has 2 aromatic carbocycles. The van der Waals surface area contributed by atoms with Crippen molar-refractivity contribution in [3.63, 3.8) is 0 Å². The molecular formula is C17H16N2O4. The Morgan fingerprint density at radius 1 is 1.09 bits per heavy atom. The number of para-hydroxylation sites is 1. The lowest BCUT2D eigenvalue weighted by Gasteiger charge is -2.14. The number of rotatable bonds is 6. The van der Waals surface area contributed by atoms with Crippen molar-refractivity contribution < 1.29 is 19.0 Å². The van der Waals surface area contributed by atoms with Gasteiger partial charge in [0.15, 0.2) is 18.1 Å². The second-order valence-electron chi connectivity index (χ2n) is 4.52. The van der Waals surface area contributed by atoms with Crippen molar-refractivity contribution in [2.24, 2.45) is 0 Å². The molecule has 0 aromatic heterocycles. The van der Waals surface area contributed by atoms with E-state index in [1.807, 2.05) is 6.07 Å². The number of ether oxygens (including phenoxy) is 3. The second kappa shape index (κ2) is 7.71. The summed E-state index contributed by atoms with van der Waals surface area (Å²) < 4.78 is 15.9. The van der Waals surface area contributed by atoms with Crippen LogP contribution in [-0.4, -0.2) is 26.7 Å². The third-order valence-corrected chi connectivity index (χ3v) is 3.03. The van der Waals surface area contributed by atoms with Gasteiger partial charge in [-0.1, -0.05) is 6.07 Å². The molecule has 0 saturated carbocycles. The molecule has 0 radical (unpaired) electrons. The maximum absolute atomic E-state index is 12.0. The van der Waals surface area contributed by atoms with Crippen LogP contribution in [0.2, 0.25) is 0 Å². The topological polar surface area (TPSA) is 80.6 Å². The van der Waals surface area contributed by atoms with Crippen LogP contribution < -0.4 is 19.5 Å². The number of amides is 1. The van der Waals surface area contributed by atoms with Crippen LogP contribution in [0.4, 0.5) is 5.69 Å². The van der Waals surface area contributed by atoms with Crippen molar-refractivity contribution in [1.82, 2.24) is 0 Å². The van der Waals surface area contributed by atoms with Gasteiger partial charge >= 0.3 is 0 Å². The van der Waals surface area contributed by atoms with Gasteiger partial charge in [-0.15, -0.1) is 0 Å². The predicted molar refractivity (Wildman–Crippen MR) is 84.8 cm³/mol.